The molecule has 1 aliphatic heterocycles. The molecule has 1 aliphatic rings. The number of rotatable bonds is 1. The van der Waals surface area contributed by atoms with Crippen LogP contribution in [0.2, 0.25) is 0 Å². The molecule has 2 aromatic rings. The van der Waals surface area contributed by atoms with Gasteiger partial charge in [0.2, 0.25) is 5.75 Å². The van der Waals surface area contributed by atoms with Crippen LogP contribution in [0.5, 0.6) is 5.75 Å². The average molecular weight is 226 g/mol. The highest BCUT2D eigenvalue weighted by atomic mass is 16.3. The van der Waals surface area contributed by atoms with Crippen molar-refractivity contribution in [3.8, 4) is 5.75 Å². The second-order valence-corrected chi connectivity index (χ2v) is 4.68. The molecule has 0 aliphatic carbocycles. The standard InChI is InChI=1S/C15H16NO/c17-15-13-7-3-2-6-12(13)8-9-14(15)16-10-4-1-5-11-16/h2-3,6-9H,1,4-5,10-11H2. The minimum Gasteiger partial charge on any atom is -0.368 e. The van der Waals surface area contributed by atoms with Gasteiger partial charge in [-0.3, -0.25) is 5.11 Å². The zero-order chi connectivity index (χ0) is 11.7. The number of hydrogen-bond donors (Lipinski definition) is 0. The summed E-state index contributed by atoms with van der Waals surface area (Å²) in [5, 5.41) is 14.3. The van der Waals surface area contributed by atoms with Gasteiger partial charge < -0.3 is 4.90 Å². The second kappa shape index (κ2) is 4.28. The second-order valence-electron chi connectivity index (χ2n) is 4.68. The molecule has 0 unspecified atom stereocenters. The number of hydrogen-bond acceptors (Lipinski definition) is 1. The quantitative estimate of drug-likeness (QED) is 0.721. The summed E-state index contributed by atoms with van der Waals surface area (Å²) in [5.41, 5.74) is 0.878. The van der Waals surface area contributed by atoms with Gasteiger partial charge >= 0.3 is 0 Å². The van der Waals surface area contributed by atoms with Crippen molar-refractivity contribution >= 4 is 16.5 Å². The predicted octanol–water partition coefficient (Wildman–Crippen LogP) is 3.97. The van der Waals surface area contributed by atoms with Gasteiger partial charge in [0.25, 0.3) is 0 Å². The van der Waals surface area contributed by atoms with Gasteiger partial charge in [0.1, 0.15) is 0 Å². The van der Waals surface area contributed by atoms with Crippen LogP contribution in [-0.4, -0.2) is 13.1 Å². The van der Waals surface area contributed by atoms with E-state index in [-0.39, 0.29) is 5.75 Å². The van der Waals surface area contributed by atoms with E-state index in [1.165, 1.54) is 19.3 Å². The lowest BCUT2D eigenvalue weighted by Gasteiger charge is -2.29. The molecule has 17 heavy (non-hydrogen) atoms. The third kappa shape index (κ3) is 1.84. The fourth-order valence-corrected chi connectivity index (χ4v) is 2.62. The van der Waals surface area contributed by atoms with Gasteiger partial charge in [-0.15, -0.1) is 0 Å². The van der Waals surface area contributed by atoms with E-state index < -0.39 is 0 Å². The van der Waals surface area contributed by atoms with Crippen LogP contribution < -0.4 is 4.90 Å². The van der Waals surface area contributed by atoms with Gasteiger partial charge in [-0.2, -0.15) is 0 Å². The Kier molecular flexibility index (Phi) is 2.63. The molecule has 1 radical (unpaired) electrons. The Morgan fingerprint density at radius 3 is 2.47 bits per heavy atom. The summed E-state index contributed by atoms with van der Waals surface area (Å²) >= 11 is 0. The van der Waals surface area contributed by atoms with Gasteiger partial charge in [-0.25, -0.2) is 0 Å². The molecule has 0 amide bonds. The topological polar surface area (TPSA) is 23.1 Å². The third-order valence-corrected chi connectivity index (χ3v) is 3.56. The van der Waals surface area contributed by atoms with E-state index in [9.17, 15) is 5.11 Å². The summed E-state index contributed by atoms with van der Waals surface area (Å²) in [7, 11) is 0. The zero-order valence-corrected chi connectivity index (χ0v) is 9.86. The number of fused-ring (bicyclic) bond motifs is 1. The zero-order valence-electron chi connectivity index (χ0n) is 9.86. The molecule has 0 atom stereocenters. The Labute approximate surface area is 101 Å². The van der Waals surface area contributed by atoms with E-state index in [0.717, 1.165) is 29.5 Å². The molecule has 0 N–H and O–H groups in total. The first-order valence-corrected chi connectivity index (χ1v) is 6.30. The first-order valence-electron chi connectivity index (χ1n) is 6.30. The van der Waals surface area contributed by atoms with Crippen LogP contribution in [0.15, 0.2) is 36.4 Å². The van der Waals surface area contributed by atoms with E-state index in [0.29, 0.717) is 0 Å². The van der Waals surface area contributed by atoms with E-state index >= 15 is 0 Å². The van der Waals surface area contributed by atoms with Crippen molar-refractivity contribution in [1.29, 1.82) is 0 Å². The van der Waals surface area contributed by atoms with E-state index in [2.05, 4.69) is 11.0 Å². The molecule has 2 heteroatoms. The van der Waals surface area contributed by atoms with Gasteiger partial charge in [-0.05, 0) is 30.7 Å². The van der Waals surface area contributed by atoms with Crippen molar-refractivity contribution in [2.75, 3.05) is 18.0 Å². The van der Waals surface area contributed by atoms with Crippen LogP contribution in [0.3, 0.4) is 0 Å². The number of piperidine rings is 1. The first-order chi connectivity index (χ1) is 8.36. The first kappa shape index (κ1) is 10.5. The van der Waals surface area contributed by atoms with Gasteiger partial charge in [0.15, 0.2) is 0 Å². The molecule has 2 nitrogen and oxygen atoms in total. The van der Waals surface area contributed by atoms with Crippen molar-refractivity contribution in [1.82, 2.24) is 0 Å². The fourth-order valence-electron chi connectivity index (χ4n) is 2.62. The van der Waals surface area contributed by atoms with Crippen LogP contribution >= 0.6 is 0 Å². The number of nitrogens with zero attached hydrogens (tertiary/aromatic N) is 1. The maximum absolute atomic E-state index is 12.4. The van der Waals surface area contributed by atoms with Crippen LogP contribution in [0.1, 0.15) is 19.3 Å². The van der Waals surface area contributed by atoms with Crippen molar-refractivity contribution < 1.29 is 5.11 Å². The fraction of sp³-hybridized carbons (Fsp3) is 0.333. The molecule has 0 bridgehead atoms. The highest BCUT2D eigenvalue weighted by Crippen LogP contribution is 2.36. The molecule has 1 saturated heterocycles. The molecule has 0 aromatic heterocycles. The Balaban J connectivity index is 2.07. The Morgan fingerprint density at radius 2 is 1.65 bits per heavy atom. The van der Waals surface area contributed by atoms with Crippen LogP contribution in [-0.2, 0) is 5.11 Å². The lowest BCUT2D eigenvalue weighted by molar-refractivity contribution is 0.359. The highest BCUT2D eigenvalue weighted by molar-refractivity contribution is 5.93. The van der Waals surface area contributed by atoms with E-state index in [1.54, 1.807) is 0 Å². The molecular formula is C15H16NO. The van der Waals surface area contributed by atoms with E-state index in [1.807, 2.05) is 30.3 Å². The minimum absolute atomic E-state index is 0.185. The lowest BCUT2D eigenvalue weighted by Crippen LogP contribution is -2.29. The predicted molar refractivity (Wildman–Crippen MR) is 70.1 cm³/mol. The Bertz CT molecular complexity index is 529. The maximum atomic E-state index is 12.4. The SMILES string of the molecule is [O]c1c(N2CCCCC2)ccc2ccccc12. The third-order valence-electron chi connectivity index (χ3n) is 3.56. The summed E-state index contributed by atoms with van der Waals surface area (Å²) in [5.74, 6) is 0.185. The summed E-state index contributed by atoms with van der Waals surface area (Å²) in [6.07, 6.45) is 3.69. The van der Waals surface area contributed by atoms with Crippen LogP contribution in [0, 0.1) is 0 Å². The maximum Gasteiger partial charge on any atom is 0.209 e. The molecule has 3 rings (SSSR count). The van der Waals surface area contributed by atoms with Crippen molar-refractivity contribution in [3.63, 3.8) is 0 Å². The molecule has 0 saturated carbocycles. The highest BCUT2D eigenvalue weighted by Gasteiger charge is 2.16. The van der Waals surface area contributed by atoms with Crippen LogP contribution in [0.4, 0.5) is 5.69 Å². The van der Waals surface area contributed by atoms with Crippen molar-refractivity contribution in [3.05, 3.63) is 36.4 Å². The summed E-state index contributed by atoms with van der Waals surface area (Å²) in [6.45, 7) is 2.04. The monoisotopic (exact) mass is 226 g/mol. The summed E-state index contributed by atoms with van der Waals surface area (Å²) in [6, 6.07) is 11.9. The van der Waals surface area contributed by atoms with E-state index in [4.69, 9.17) is 0 Å². The molecule has 0 spiro atoms. The van der Waals surface area contributed by atoms with Crippen molar-refractivity contribution in [2.24, 2.45) is 0 Å². The van der Waals surface area contributed by atoms with Gasteiger partial charge in [-0.1, -0.05) is 30.3 Å². The van der Waals surface area contributed by atoms with Crippen LogP contribution in [0.25, 0.3) is 10.8 Å². The lowest BCUT2D eigenvalue weighted by atomic mass is 10.1. The normalized spacial score (nSPS) is 16.4. The molecule has 87 valence electrons. The number of benzene rings is 2. The minimum atomic E-state index is 0.185. The molecule has 1 fully saturated rings. The molecule has 1 heterocycles. The molecular weight excluding hydrogens is 210 g/mol. The average Bonchev–Trinajstić information content (AvgIpc) is 2.40. The number of anilines is 1. The van der Waals surface area contributed by atoms with Gasteiger partial charge in [0.05, 0.1) is 5.69 Å². The Morgan fingerprint density at radius 1 is 0.882 bits per heavy atom. The summed E-state index contributed by atoms with van der Waals surface area (Å²) in [4.78, 5) is 2.23. The summed E-state index contributed by atoms with van der Waals surface area (Å²) < 4.78 is 0. The van der Waals surface area contributed by atoms with Gasteiger partial charge in [0, 0.05) is 18.5 Å². The molecule has 2 aromatic carbocycles. The Hall–Kier alpha value is -1.70. The smallest absolute Gasteiger partial charge is 0.209 e. The largest absolute Gasteiger partial charge is 0.368 e. The van der Waals surface area contributed by atoms with Crippen molar-refractivity contribution in [2.45, 2.75) is 19.3 Å².